The fourth-order valence-electron chi connectivity index (χ4n) is 5.72. The molecule has 3 aromatic carbocycles. The van der Waals surface area contributed by atoms with Crippen LogP contribution in [-0.2, 0) is 19.1 Å². The van der Waals surface area contributed by atoms with Gasteiger partial charge in [-0.3, -0.25) is 14.5 Å². The van der Waals surface area contributed by atoms with Gasteiger partial charge in [0.05, 0.1) is 0 Å². The van der Waals surface area contributed by atoms with Crippen LogP contribution in [0.2, 0.25) is 0 Å². The van der Waals surface area contributed by atoms with E-state index in [0.29, 0.717) is 16.9 Å². The van der Waals surface area contributed by atoms with E-state index in [2.05, 4.69) is 10.6 Å². The van der Waals surface area contributed by atoms with E-state index in [1.807, 2.05) is 48.5 Å². The molecule has 9 nitrogen and oxygen atoms in total. The zero-order valence-electron chi connectivity index (χ0n) is 22.1. The first-order valence-electron chi connectivity index (χ1n) is 13.2. The van der Waals surface area contributed by atoms with Gasteiger partial charge in [0.1, 0.15) is 29.8 Å². The number of hydrogen-bond acceptors (Lipinski definition) is 6. The molecule has 1 saturated heterocycles. The zero-order chi connectivity index (χ0) is 28.7. The standard InChI is InChI=1S/C31H27N3O6S/c1-17-16-41-29-25(28(36)34(29)26(17)30(37)38)32-27(35)24(18-9-3-2-4-10-18)33-31(39)40-15-23-21-13-7-5-11-19(21)20-12-6-8-14-22(20)23/h2-14,23-25,29H,15-16H2,1H3,(H,32,35)(H,33,39)(H,37,38)/t24-,25-,29-/m1/s1. The third-order valence-corrected chi connectivity index (χ3v) is 9.08. The lowest BCUT2D eigenvalue weighted by Gasteiger charge is -2.49. The summed E-state index contributed by atoms with van der Waals surface area (Å²) in [5.41, 5.74) is 5.42. The average Bonchev–Trinajstić information content (AvgIpc) is 3.31. The van der Waals surface area contributed by atoms with E-state index in [-0.39, 0.29) is 18.2 Å². The van der Waals surface area contributed by atoms with Crippen molar-refractivity contribution in [3.05, 3.63) is 107 Å². The zero-order valence-corrected chi connectivity index (χ0v) is 22.9. The number of carboxylic acids is 1. The highest BCUT2D eigenvalue weighted by atomic mass is 32.2. The normalized spacial score (nSPS) is 19.8. The second-order valence-electron chi connectivity index (χ2n) is 10.1. The predicted molar refractivity (Wildman–Crippen MR) is 153 cm³/mol. The van der Waals surface area contributed by atoms with E-state index in [0.717, 1.165) is 22.3 Å². The molecular formula is C31H27N3O6S. The number of β-lactam (4-membered cyclic amide) rings is 1. The van der Waals surface area contributed by atoms with Crippen molar-refractivity contribution in [1.82, 2.24) is 15.5 Å². The molecule has 6 rings (SSSR count). The molecule has 41 heavy (non-hydrogen) atoms. The Morgan fingerprint density at radius 1 is 0.976 bits per heavy atom. The van der Waals surface area contributed by atoms with E-state index in [4.69, 9.17) is 4.74 Å². The Morgan fingerprint density at radius 2 is 1.59 bits per heavy atom. The maximum atomic E-state index is 13.5. The molecule has 2 heterocycles. The predicted octanol–water partition coefficient (Wildman–Crippen LogP) is 4.02. The lowest BCUT2D eigenvalue weighted by Crippen LogP contribution is -2.71. The van der Waals surface area contributed by atoms with Crippen LogP contribution in [0.1, 0.15) is 35.6 Å². The van der Waals surface area contributed by atoms with Crippen LogP contribution in [0, 0.1) is 0 Å². The number of alkyl carbamates (subject to hydrolysis) is 1. The number of nitrogens with one attached hydrogen (secondary N) is 2. The largest absolute Gasteiger partial charge is 0.477 e. The van der Waals surface area contributed by atoms with E-state index < -0.39 is 41.3 Å². The van der Waals surface area contributed by atoms with Crippen LogP contribution in [0.5, 0.6) is 0 Å². The molecular weight excluding hydrogens is 542 g/mol. The first-order valence-corrected chi connectivity index (χ1v) is 14.2. The highest BCUT2D eigenvalue weighted by Gasteiger charge is 2.54. The van der Waals surface area contributed by atoms with Crippen molar-refractivity contribution >= 4 is 35.6 Å². The van der Waals surface area contributed by atoms with E-state index in [1.54, 1.807) is 37.3 Å². The molecule has 0 spiro atoms. The van der Waals surface area contributed by atoms with Crippen LogP contribution in [-0.4, -0.2) is 57.7 Å². The summed E-state index contributed by atoms with van der Waals surface area (Å²) >= 11 is 1.39. The van der Waals surface area contributed by atoms with Gasteiger partial charge in [0.25, 0.3) is 5.91 Å². The number of benzene rings is 3. The van der Waals surface area contributed by atoms with E-state index >= 15 is 0 Å². The Bertz CT molecular complexity index is 1540. The number of nitrogens with zero attached hydrogens (tertiary/aromatic N) is 1. The second-order valence-corrected chi connectivity index (χ2v) is 11.2. The van der Waals surface area contributed by atoms with E-state index in [1.165, 1.54) is 16.7 Å². The number of carboxylic acid groups (broad SMARTS) is 1. The third kappa shape index (κ3) is 4.74. The molecule has 1 fully saturated rings. The van der Waals surface area contributed by atoms with Crippen LogP contribution in [0.15, 0.2) is 90.1 Å². The van der Waals surface area contributed by atoms with Crippen molar-refractivity contribution in [3.63, 3.8) is 0 Å². The number of carbonyl (C=O) groups excluding carboxylic acids is 3. The van der Waals surface area contributed by atoms with Crippen LogP contribution in [0.4, 0.5) is 4.79 Å². The molecule has 3 aromatic rings. The Morgan fingerprint density at radius 3 is 2.22 bits per heavy atom. The second kappa shape index (κ2) is 10.8. The lowest BCUT2D eigenvalue weighted by atomic mass is 9.98. The van der Waals surface area contributed by atoms with Gasteiger partial charge in [0, 0.05) is 11.7 Å². The molecule has 0 unspecified atom stereocenters. The number of rotatable bonds is 7. The summed E-state index contributed by atoms with van der Waals surface area (Å²) in [7, 11) is 0. The highest BCUT2D eigenvalue weighted by molar-refractivity contribution is 8.00. The molecule has 3 atom stereocenters. The minimum atomic E-state index is -1.18. The highest BCUT2D eigenvalue weighted by Crippen LogP contribution is 2.44. The Labute approximate surface area is 240 Å². The molecule has 3 amide bonds. The topological polar surface area (TPSA) is 125 Å². The van der Waals surface area contributed by atoms with Gasteiger partial charge in [-0.2, -0.15) is 0 Å². The SMILES string of the molecule is CC1=C(C(=O)O)N2C(=O)[C@@H](NC(=O)[C@H](NC(=O)OCC3c4ccccc4-c4ccccc43)c3ccccc3)[C@H]2SC1. The fraction of sp³-hybridized carbons (Fsp3) is 0.226. The summed E-state index contributed by atoms with van der Waals surface area (Å²) in [6.07, 6.45) is -0.767. The maximum Gasteiger partial charge on any atom is 0.408 e. The summed E-state index contributed by atoms with van der Waals surface area (Å²) in [4.78, 5) is 52.4. The molecule has 0 radical (unpaired) electrons. The molecule has 10 heteroatoms. The molecule has 208 valence electrons. The smallest absolute Gasteiger partial charge is 0.408 e. The molecule has 0 aromatic heterocycles. The van der Waals surface area contributed by atoms with Crippen LogP contribution < -0.4 is 10.6 Å². The van der Waals surface area contributed by atoms with Crippen LogP contribution >= 0.6 is 11.8 Å². The monoisotopic (exact) mass is 569 g/mol. The lowest BCUT2D eigenvalue weighted by molar-refractivity contribution is -0.151. The summed E-state index contributed by atoms with van der Waals surface area (Å²) in [6.45, 7) is 1.76. The summed E-state index contributed by atoms with van der Waals surface area (Å²) in [6, 6.07) is 22.7. The van der Waals surface area contributed by atoms with E-state index in [9.17, 15) is 24.3 Å². The molecule has 2 aliphatic heterocycles. The van der Waals surface area contributed by atoms with Crippen molar-refractivity contribution in [2.45, 2.75) is 30.3 Å². The number of hydrogen-bond donors (Lipinski definition) is 3. The minimum Gasteiger partial charge on any atom is -0.477 e. The first kappa shape index (κ1) is 26.6. The van der Waals surface area contributed by atoms with Gasteiger partial charge in [0.2, 0.25) is 5.91 Å². The summed E-state index contributed by atoms with van der Waals surface area (Å²) in [5.74, 6) is -1.97. The van der Waals surface area contributed by atoms with Crippen molar-refractivity contribution < 1.29 is 29.0 Å². The number of aliphatic carboxylic acids is 1. The summed E-state index contributed by atoms with van der Waals surface area (Å²) < 4.78 is 5.67. The summed E-state index contributed by atoms with van der Waals surface area (Å²) in [5, 5.41) is 14.4. The number of amides is 3. The van der Waals surface area contributed by atoms with Crippen molar-refractivity contribution in [2.75, 3.05) is 12.4 Å². The number of carbonyl (C=O) groups is 4. The Balaban J connectivity index is 1.16. The fourth-order valence-corrected chi connectivity index (χ4v) is 7.01. The quantitative estimate of drug-likeness (QED) is 0.367. The molecule has 3 aliphatic rings. The minimum absolute atomic E-state index is 0.0411. The Kier molecular flexibility index (Phi) is 7.00. The maximum absolute atomic E-state index is 13.5. The van der Waals surface area contributed by atoms with Gasteiger partial charge in [-0.05, 0) is 40.3 Å². The van der Waals surface area contributed by atoms with Gasteiger partial charge in [0.15, 0.2) is 0 Å². The van der Waals surface area contributed by atoms with Crippen molar-refractivity contribution in [1.29, 1.82) is 0 Å². The Hall–Kier alpha value is -4.57. The molecule has 3 N–H and O–H groups in total. The van der Waals surface area contributed by atoms with Crippen LogP contribution in [0.3, 0.4) is 0 Å². The molecule has 1 aliphatic carbocycles. The molecule has 0 bridgehead atoms. The third-order valence-electron chi connectivity index (χ3n) is 7.66. The van der Waals surface area contributed by atoms with Gasteiger partial charge in [-0.15, -0.1) is 11.8 Å². The number of thioether (sulfide) groups is 1. The number of fused-ring (bicyclic) bond motifs is 4. The van der Waals surface area contributed by atoms with Gasteiger partial charge in [-0.1, -0.05) is 78.9 Å². The van der Waals surface area contributed by atoms with Gasteiger partial charge < -0.3 is 20.5 Å². The van der Waals surface area contributed by atoms with Crippen molar-refractivity contribution in [3.8, 4) is 11.1 Å². The van der Waals surface area contributed by atoms with Gasteiger partial charge >= 0.3 is 12.1 Å². The average molecular weight is 570 g/mol. The van der Waals surface area contributed by atoms with Crippen molar-refractivity contribution in [2.24, 2.45) is 0 Å². The first-order chi connectivity index (χ1) is 19.8. The molecule has 0 saturated carbocycles. The van der Waals surface area contributed by atoms with Crippen LogP contribution in [0.25, 0.3) is 11.1 Å². The number of ether oxygens (including phenoxy) is 1. The van der Waals surface area contributed by atoms with Gasteiger partial charge in [-0.25, -0.2) is 9.59 Å².